The molecule has 1 heterocycles. The van der Waals surface area contributed by atoms with Crippen molar-refractivity contribution in [1.82, 2.24) is 0 Å². The van der Waals surface area contributed by atoms with Crippen LogP contribution in [0.3, 0.4) is 0 Å². The fourth-order valence-electron chi connectivity index (χ4n) is 5.48. The summed E-state index contributed by atoms with van der Waals surface area (Å²) >= 11 is 0. The van der Waals surface area contributed by atoms with E-state index in [-0.39, 0.29) is 52.6 Å². The molecule has 0 bridgehead atoms. The van der Waals surface area contributed by atoms with Crippen molar-refractivity contribution in [3.63, 3.8) is 0 Å². The third-order valence-corrected chi connectivity index (χ3v) is 7.57. The highest BCUT2D eigenvalue weighted by Gasteiger charge is 2.49. The van der Waals surface area contributed by atoms with Crippen LogP contribution in [-0.4, -0.2) is 67.9 Å². The number of ether oxygens (including phenoxy) is 2. The second-order valence-corrected chi connectivity index (χ2v) is 9.89. The summed E-state index contributed by atoms with van der Waals surface area (Å²) in [5.74, 6) is -3.00. The second-order valence-electron chi connectivity index (χ2n) is 9.89. The molecular weight excluding hydrogens is 470 g/mol. The fourth-order valence-corrected chi connectivity index (χ4v) is 5.48. The number of quaternary nitrogens is 1. The number of hydrogen-bond donors (Lipinski definition) is 5. The molecule has 36 heavy (non-hydrogen) atoms. The van der Waals surface area contributed by atoms with Crippen molar-refractivity contribution >= 4 is 17.3 Å². The zero-order valence-electron chi connectivity index (χ0n) is 19.9. The van der Waals surface area contributed by atoms with Crippen LogP contribution in [0.15, 0.2) is 24.3 Å². The van der Waals surface area contributed by atoms with E-state index in [1.54, 1.807) is 19.1 Å². The molecule has 0 spiro atoms. The first-order chi connectivity index (χ1) is 16.9. The van der Waals surface area contributed by atoms with Gasteiger partial charge in [0.15, 0.2) is 23.6 Å². The molecule has 1 fully saturated rings. The number of fused-ring (bicyclic) bond motifs is 3. The van der Waals surface area contributed by atoms with Crippen LogP contribution in [0.2, 0.25) is 0 Å². The first kappa shape index (κ1) is 24.5. The molecule has 5 rings (SSSR count). The van der Waals surface area contributed by atoms with Crippen LogP contribution >= 0.6 is 0 Å². The molecule has 1 aliphatic heterocycles. The molecule has 0 radical (unpaired) electrons. The van der Waals surface area contributed by atoms with Crippen molar-refractivity contribution in [2.75, 3.05) is 0 Å². The van der Waals surface area contributed by atoms with E-state index in [9.17, 15) is 34.8 Å². The number of benzene rings is 2. The van der Waals surface area contributed by atoms with E-state index in [2.05, 4.69) is 5.73 Å². The zero-order valence-corrected chi connectivity index (χ0v) is 19.9. The van der Waals surface area contributed by atoms with Crippen LogP contribution in [0.4, 0.5) is 0 Å². The van der Waals surface area contributed by atoms with Gasteiger partial charge in [0.1, 0.15) is 29.2 Å². The minimum absolute atomic E-state index is 0.0145. The third-order valence-electron chi connectivity index (χ3n) is 7.57. The Balaban J connectivity index is 1.66. The number of Topliss-reactive ketones (excluding diaryl/α,β-unsaturated/α-hetero) is 1. The van der Waals surface area contributed by atoms with Crippen molar-refractivity contribution in [3.8, 4) is 11.5 Å². The maximum Gasteiger partial charge on any atom is 0.198 e. The number of aliphatic hydroxyl groups excluding tert-OH is 1. The van der Waals surface area contributed by atoms with Crippen LogP contribution in [0.1, 0.15) is 75.8 Å². The molecule has 0 amide bonds. The molecule has 190 valence electrons. The lowest BCUT2D eigenvalue weighted by molar-refractivity contribution is -0.466. The number of carbonyl (C=O) groups is 3. The largest absolute Gasteiger partial charge is 0.507 e. The van der Waals surface area contributed by atoms with Crippen molar-refractivity contribution in [1.29, 1.82) is 0 Å². The molecular formula is C26H28NO9+. The monoisotopic (exact) mass is 498 g/mol. The van der Waals surface area contributed by atoms with Crippen LogP contribution < -0.4 is 5.73 Å². The highest BCUT2D eigenvalue weighted by molar-refractivity contribution is 6.30. The van der Waals surface area contributed by atoms with Gasteiger partial charge in [0, 0.05) is 35.1 Å². The van der Waals surface area contributed by atoms with Gasteiger partial charge in [-0.25, -0.2) is 0 Å². The molecule has 1 saturated heterocycles. The number of aliphatic hydroxyl groups is 2. The smallest absolute Gasteiger partial charge is 0.198 e. The van der Waals surface area contributed by atoms with E-state index in [4.69, 9.17) is 9.47 Å². The molecule has 7 N–H and O–H groups in total. The minimum Gasteiger partial charge on any atom is -0.507 e. The van der Waals surface area contributed by atoms with Gasteiger partial charge in [0.05, 0.1) is 29.8 Å². The molecule has 0 unspecified atom stereocenters. The van der Waals surface area contributed by atoms with Crippen LogP contribution in [-0.2, 0) is 20.7 Å². The second kappa shape index (κ2) is 8.46. The Morgan fingerprint density at radius 2 is 1.69 bits per heavy atom. The Bertz CT molecular complexity index is 1290. The van der Waals surface area contributed by atoms with Crippen LogP contribution in [0, 0.1) is 0 Å². The summed E-state index contributed by atoms with van der Waals surface area (Å²) in [6.45, 7) is 2.85. The van der Waals surface area contributed by atoms with Gasteiger partial charge in [0.25, 0.3) is 0 Å². The van der Waals surface area contributed by atoms with E-state index in [1.807, 2.05) is 0 Å². The van der Waals surface area contributed by atoms with Gasteiger partial charge < -0.3 is 35.6 Å². The Labute approximate surface area is 206 Å². The molecule has 3 aliphatic rings. The number of carbonyl (C=O) groups excluding carboxylic acids is 3. The molecule has 2 aromatic rings. The topological polar surface area (TPSA) is 178 Å². The molecule has 6 atom stereocenters. The van der Waals surface area contributed by atoms with Crippen molar-refractivity contribution < 1.29 is 50.0 Å². The average molecular weight is 499 g/mol. The van der Waals surface area contributed by atoms with Gasteiger partial charge in [-0.1, -0.05) is 24.3 Å². The number of aromatic hydroxyl groups is 2. The maximum absolute atomic E-state index is 13.3. The minimum atomic E-state index is -1.96. The Hall–Kier alpha value is -3.15. The van der Waals surface area contributed by atoms with Crippen molar-refractivity contribution in [3.05, 3.63) is 57.6 Å². The predicted octanol–water partition coefficient (Wildman–Crippen LogP) is 0.304. The SMILES string of the molecule is CC(=O)[C@]1(O)Cc2c(O)c3c(c(O)c2[C@@H](O[C@H]2C[C@H]([NH3+])[C@H](O)[C@H](C)O2)C1)C(=O)c1ccccc1C3=O. The van der Waals surface area contributed by atoms with Crippen LogP contribution in [0.5, 0.6) is 11.5 Å². The van der Waals surface area contributed by atoms with E-state index in [0.717, 1.165) is 0 Å². The Morgan fingerprint density at radius 3 is 2.25 bits per heavy atom. The summed E-state index contributed by atoms with van der Waals surface area (Å²) in [7, 11) is 0. The van der Waals surface area contributed by atoms with Crippen molar-refractivity contribution in [2.24, 2.45) is 0 Å². The summed E-state index contributed by atoms with van der Waals surface area (Å²) in [5, 5.41) is 43.9. The number of phenolic OH excluding ortho intramolecular Hbond substituents is 2. The van der Waals surface area contributed by atoms with E-state index in [1.165, 1.54) is 19.1 Å². The van der Waals surface area contributed by atoms with Gasteiger partial charge in [0.2, 0.25) is 0 Å². The summed E-state index contributed by atoms with van der Waals surface area (Å²) in [4.78, 5) is 39.0. The number of phenols is 2. The summed E-state index contributed by atoms with van der Waals surface area (Å²) < 4.78 is 11.8. The number of rotatable bonds is 3. The van der Waals surface area contributed by atoms with Crippen LogP contribution in [0.25, 0.3) is 0 Å². The summed E-state index contributed by atoms with van der Waals surface area (Å²) in [5.41, 5.74) is 1.39. The lowest BCUT2D eigenvalue weighted by atomic mass is 9.72. The molecule has 10 heteroatoms. The quantitative estimate of drug-likeness (QED) is 0.318. The summed E-state index contributed by atoms with van der Waals surface area (Å²) in [6, 6.07) is 5.68. The molecule has 2 aromatic carbocycles. The maximum atomic E-state index is 13.3. The Morgan fingerprint density at radius 1 is 1.11 bits per heavy atom. The zero-order chi connectivity index (χ0) is 26.1. The molecule has 0 saturated carbocycles. The number of hydrogen-bond acceptors (Lipinski definition) is 9. The predicted molar refractivity (Wildman–Crippen MR) is 122 cm³/mol. The van der Waals surface area contributed by atoms with E-state index >= 15 is 0 Å². The van der Waals surface area contributed by atoms with Gasteiger partial charge in [-0.2, -0.15) is 0 Å². The lowest BCUT2D eigenvalue weighted by Crippen LogP contribution is -2.71. The van der Waals surface area contributed by atoms with Gasteiger partial charge >= 0.3 is 0 Å². The first-order valence-electron chi connectivity index (χ1n) is 11.8. The van der Waals surface area contributed by atoms with Gasteiger partial charge in [-0.3, -0.25) is 14.4 Å². The molecule has 0 aromatic heterocycles. The lowest BCUT2D eigenvalue weighted by Gasteiger charge is -2.41. The normalized spacial score (nSPS) is 31.4. The fraction of sp³-hybridized carbons (Fsp3) is 0.423. The average Bonchev–Trinajstić information content (AvgIpc) is 2.82. The van der Waals surface area contributed by atoms with Gasteiger partial charge in [-0.05, 0) is 13.8 Å². The van der Waals surface area contributed by atoms with E-state index < -0.39 is 65.1 Å². The number of ketones is 3. The standard InChI is InChI=1S/C26H27NO9/c1-10-21(29)15(27)7-17(35-10)36-16-9-26(34,11(2)28)8-14-18(16)25(33)20-19(24(14)32)22(30)12-5-3-4-6-13(12)23(20)31/h3-6,10,15-17,21,29,32-34H,7-9,27H2,1-2H3/p+1/t10-,15-,16-,17-,21+,26-/m0/s1. The molecule has 10 nitrogen and oxygen atoms in total. The highest BCUT2D eigenvalue weighted by Crippen LogP contribution is 2.51. The first-order valence-corrected chi connectivity index (χ1v) is 11.8. The third kappa shape index (κ3) is 3.56. The Kier molecular flexibility index (Phi) is 5.77. The van der Waals surface area contributed by atoms with Crippen molar-refractivity contribution in [2.45, 2.75) is 69.4 Å². The highest BCUT2D eigenvalue weighted by atomic mass is 16.7. The molecule has 2 aliphatic carbocycles. The van der Waals surface area contributed by atoms with E-state index in [0.29, 0.717) is 0 Å². The summed E-state index contributed by atoms with van der Waals surface area (Å²) in [6.07, 6.45) is -3.97. The van der Waals surface area contributed by atoms with Gasteiger partial charge in [-0.15, -0.1) is 0 Å².